The van der Waals surface area contributed by atoms with Gasteiger partial charge in [0.1, 0.15) is 0 Å². The van der Waals surface area contributed by atoms with Gasteiger partial charge in [-0.25, -0.2) is 0 Å². The molecule has 0 aromatic heterocycles. The van der Waals surface area contributed by atoms with Crippen LogP contribution in [0.1, 0.15) is 79.2 Å². The smallest absolute Gasteiger partial charge is 0.248 e. The van der Waals surface area contributed by atoms with Gasteiger partial charge in [0.05, 0.1) is 0 Å². The summed E-state index contributed by atoms with van der Waals surface area (Å²) in [7, 11) is 0. The predicted molar refractivity (Wildman–Crippen MR) is 140 cm³/mol. The molecule has 0 heterocycles. The van der Waals surface area contributed by atoms with Crippen molar-refractivity contribution in [2.75, 3.05) is 5.32 Å². The molecule has 1 N–H and O–H groups in total. The molecular weight excluding hydrogens is 390 g/mol. The molecule has 1 aromatic carbocycles. The number of allylic oxidation sites excluding steroid dienone is 9. The monoisotopic (exact) mass is 431 g/mol. The van der Waals surface area contributed by atoms with Crippen molar-refractivity contribution in [3.05, 3.63) is 88.6 Å². The zero-order valence-corrected chi connectivity index (χ0v) is 20.9. The Kier molecular flexibility index (Phi) is 9.97. The molecule has 0 saturated heterocycles. The topological polar surface area (TPSA) is 29.1 Å². The molecule has 0 fully saturated rings. The lowest BCUT2D eigenvalue weighted by Crippen LogP contribution is -2.19. The maximum atomic E-state index is 12.3. The maximum Gasteiger partial charge on any atom is 0.248 e. The Labute approximate surface area is 195 Å². The number of aryl methyl sites for hydroxylation is 1. The minimum atomic E-state index is -0.101. The third kappa shape index (κ3) is 8.49. The van der Waals surface area contributed by atoms with Crippen LogP contribution in [0.4, 0.5) is 5.69 Å². The van der Waals surface area contributed by atoms with E-state index in [1.54, 1.807) is 6.08 Å². The van der Waals surface area contributed by atoms with Gasteiger partial charge in [-0.2, -0.15) is 0 Å². The SMILES string of the molecule is CCCCc1ccc(NC(=O)C=C(C)C=CC=C(C)C=CC2=C(C)CCCC2(C)C)cc1. The van der Waals surface area contributed by atoms with E-state index in [-0.39, 0.29) is 11.3 Å². The third-order valence-electron chi connectivity index (χ3n) is 6.17. The molecule has 2 rings (SSSR count). The lowest BCUT2D eigenvalue weighted by molar-refractivity contribution is -0.111. The number of nitrogens with one attached hydrogen (secondary N) is 1. The summed E-state index contributed by atoms with van der Waals surface area (Å²) < 4.78 is 0. The van der Waals surface area contributed by atoms with E-state index < -0.39 is 0 Å². The molecule has 0 saturated carbocycles. The van der Waals surface area contributed by atoms with Crippen LogP contribution in [0.15, 0.2) is 83.0 Å². The molecule has 0 unspecified atom stereocenters. The van der Waals surface area contributed by atoms with E-state index in [2.05, 4.69) is 70.3 Å². The predicted octanol–water partition coefficient (Wildman–Crippen LogP) is 8.50. The first-order chi connectivity index (χ1) is 15.2. The van der Waals surface area contributed by atoms with Crippen LogP contribution in [0.25, 0.3) is 0 Å². The molecule has 0 spiro atoms. The van der Waals surface area contributed by atoms with Gasteiger partial charge in [0.25, 0.3) is 0 Å². The highest BCUT2D eigenvalue weighted by Gasteiger charge is 2.26. The average Bonchev–Trinajstić information content (AvgIpc) is 2.72. The molecular formula is C30H41NO. The van der Waals surface area contributed by atoms with E-state index in [1.807, 2.05) is 31.2 Å². The van der Waals surface area contributed by atoms with Gasteiger partial charge in [0.2, 0.25) is 5.91 Å². The lowest BCUT2D eigenvalue weighted by Gasteiger charge is -2.32. The van der Waals surface area contributed by atoms with Crippen molar-refractivity contribution in [1.82, 2.24) is 0 Å². The first-order valence-corrected chi connectivity index (χ1v) is 12.0. The molecule has 2 nitrogen and oxygen atoms in total. The number of carbonyl (C=O) groups excluding carboxylic acids is 1. The van der Waals surface area contributed by atoms with Crippen LogP contribution >= 0.6 is 0 Å². The minimum absolute atomic E-state index is 0.101. The fraction of sp³-hybridized carbons (Fsp3) is 0.433. The molecule has 172 valence electrons. The summed E-state index contributed by atoms with van der Waals surface area (Å²) in [6.45, 7) is 13.2. The summed E-state index contributed by atoms with van der Waals surface area (Å²) in [4.78, 5) is 12.3. The van der Waals surface area contributed by atoms with Crippen molar-refractivity contribution in [1.29, 1.82) is 0 Å². The van der Waals surface area contributed by atoms with E-state index in [0.717, 1.165) is 17.7 Å². The van der Waals surface area contributed by atoms with E-state index in [4.69, 9.17) is 0 Å². The van der Waals surface area contributed by atoms with Crippen molar-refractivity contribution in [2.24, 2.45) is 5.41 Å². The molecule has 32 heavy (non-hydrogen) atoms. The fourth-order valence-corrected chi connectivity index (χ4v) is 4.20. The molecule has 0 radical (unpaired) electrons. The number of anilines is 1. The molecule has 2 heteroatoms. The van der Waals surface area contributed by atoms with Gasteiger partial charge in [-0.05, 0) is 87.1 Å². The van der Waals surface area contributed by atoms with Crippen molar-refractivity contribution in [3.8, 4) is 0 Å². The van der Waals surface area contributed by atoms with Crippen LogP contribution in [0.5, 0.6) is 0 Å². The summed E-state index contributed by atoms with van der Waals surface area (Å²) in [6.07, 6.45) is 19.4. The van der Waals surface area contributed by atoms with Crippen LogP contribution in [0.3, 0.4) is 0 Å². The van der Waals surface area contributed by atoms with Crippen LogP contribution in [0, 0.1) is 5.41 Å². The van der Waals surface area contributed by atoms with Crippen LogP contribution < -0.4 is 5.32 Å². The Balaban J connectivity index is 1.91. The number of hydrogen-bond donors (Lipinski definition) is 1. The van der Waals surface area contributed by atoms with E-state index in [1.165, 1.54) is 54.4 Å². The standard InChI is InChI=1S/C30H41NO/c1-7-8-14-26-16-18-27(19-17-26)31-29(32)22-24(3)12-9-11-23(2)15-20-28-25(4)13-10-21-30(28,5)6/h9,11-12,15-20,22H,7-8,10,13-14,21H2,1-6H3,(H,31,32). The molecule has 0 atom stereocenters. The van der Waals surface area contributed by atoms with Gasteiger partial charge in [0, 0.05) is 11.8 Å². The molecule has 0 aliphatic heterocycles. The normalized spacial score (nSPS) is 17.4. The van der Waals surface area contributed by atoms with Crippen molar-refractivity contribution < 1.29 is 4.79 Å². The summed E-state index contributed by atoms with van der Waals surface area (Å²) in [5.74, 6) is -0.101. The second-order valence-electron chi connectivity index (χ2n) is 9.71. The van der Waals surface area contributed by atoms with Gasteiger partial charge in [-0.15, -0.1) is 0 Å². The van der Waals surface area contributed by atoms with Crippen LogP contribution in [-0.4, -0.2) is 5.91 Å². The number of rotatable bonds is 9. The number of hydrogen-bond acceptors (Lipinski definition) is 1. The van der Waals surface area contributed by atoms with Crippen LogP contribution in [0.2, 0.25) is 0 Å². The summed E-state index contributed by atoms with van der Waals surface area (Å²) in [5, 5.41) is 2.94. The third-order valence-corrected chi connectivity index (χ3v) is 6.17. The number of unbranched alkanes of at least 4 members (excludes halogenated alkanes) is 1. The zero-order chi connectivity index (χ0) is 23.6. The Bertz CT molecular complexity index is 920. The molecule has 1 aliphatic carbocycles. The second-order valence-corrected chi connectivity index (χ2v) is 9.71. The van der Waals surface area contributed by atoms with Gasteiger partial charge in [-0.3, -0.25) is 4.79 Å². The van der Waals surface area contributed by atoms with E-state index in [0.29, 0.717) is 0 Å². The number of amides is 1. The van der Waals surface area contributed by atoms with Crippen molar-refractivity contribution in [2.45, 2.75) is 80.1 Å². The van der Waals surface area contributed by atoms with Gasteiger partial charge >= 0.3 is 0 Å². The summed E-state index contributed by atoms with van der Waals surface area (Å²) in [5.41, 5.74) is 7.52. The lowest BCUT2D eigenvalue weighted by atomic mass is 9.72. The van der Waals surface area contributed by atoms with E-state index in [9.17, 15) is 4.79 Å². The van der Waals surface area contributed by atoms with Gasteiger partial charge in [0.15, 0.2) is 0 Å². The van der Waals surface area contributed by atoms with Gasteiger partial charge < -0.3 is 5.32 Å². The quantitative estimate of drug-likeness (QED) is 0.308. The van der Waals surface area contributed by atoms with Crippen LogP contribution in [-0.2, 0) is 11.2 Å². The summed E-state index contributed by atoms with van der Waals surface area (Å²) >= 11 is 0. The Morgan fingerprint density at radius 1 is 1.09 bits per heavy atom. The number of benzene rings is 1. The Hall–Kier alpha value is -2.61. The molecule has 1 aromatic rings. The largest absolute Gasteiger partial charge is 0.323 e. The zero-order valence-electron chi connectivity index (χ0n) is 20.9. The summed E-state index contributed by atoms with van der Waals surface area (Å²) in [6, 6.07) is 8.14. The highest BCUT2D eigenvalue weighted by atomic mass is 16.1. The molecule has 0 bridgehead atoms. The van der Waals surface area contributed by atoms with Crippen molar-refractivity contribution in [3.63, 3.8) is 0 Å². The number of carbonyl (C=O) groups is 1. The first-order valence-electron chi connectivity index (χ1n) is 12.0. The fourth-order valence-electron chi connectivity index (χ4n) is 4.20. The highest BCUT2D eigenvalue weighted by molar-refractivity contribution is 5.99. The van der Waals surface area contributed by atoms with Gasteiger partial charge in [-0.1, -0.05) is 80.9 Å². The second kappa shape index (κ2) is 12.4. The Morgan fingerprint density at radius 2 is 1.81 bits per heavy atom. The minimum Gasteiger partial charge on any atom is -0.323 e. The maximum absolute atomic E-state index is 12.3. The first kappa shape index (κ1) is 25.6. The van der Waals surface area contributed by atoms with E-state index >= 15 is 0 Å². The highest BCUT2D eigenvalue weighted by Crippen LogP contribution is 2.40. The Morgan fingerprint density at radius 3 is 2.47 bits per heavy atom. The average molecular weight is 432 g/mol. The molecule has 1 amide bonds. The molecule has 1 aliphatic rings. The van der Waals surface area contributed by atoms with Crippen molar-refractivity contribution >= 4 is 11.6 Å².